The smallest absolute Gasteiger partial charge is 0.354 e. The van der Waals surface area contributed by atoms with Gasteiger partial charge in [0.2, 0.25) is 0 Å². The van der Waals surface area contributed by atoms with E-state index in [1.165, 1.54) is 12.4 Å². The van der Waals surface area contributed by atoms with Crippen molar-refractivity contribution in [2.45, 2.75) is 13.0 Å². The second-order valence-electron chi connectivity index (χ2n) is 4.19. The number of rotatable bonds is 7. The molecule has 8 heteroatoms. The minimum absolute atomic E-state index is 0.158. The van der Waals surface area contributed by atoms with E-state index < -0.39 is 23.9 Å². The maximum atomic E-state index is 12.1. The van der Waals surface area contributed by atoms with Gasteiger partial charge >= 0.3 is 17.9 Å². The Hall–Kier alpha value is -2.90. The largest absolute Gasteiger partial charge is 0.466 e. The number of esters is 3. The number of nitrogens with zero attached hydrogens (tertiary/aromatic N) is 1. The lowest BCUT2D eigenvalue weighted by Crippen LogP contribution is -2.33. The molecular weight excluding hydrogens is 304 g/mol. The molecule has 0 saturated carbocycles. The molecule has 0 aliphatic rings. The second-order valence-corrected chi connectivity index (χ2v) is 4.19. The Morgan fingerprint density at radius 3 is 2.57 bits per heavy atom. The van der Waals surface area contributed by atoms with Gasteiger partial charge in [-0.05, 0) is 13.0 Å². The summed E-state index contributed by atoms with van der Waals surface area (Å²) in [6, 6.07) is 2.23. The van der Waals surface area contributed by atoms with E-state index in [0.29, 0.717) is 5.56 Å². The molecule has 1 heterocycles. The van der Waals surface area contributed by atoms with Gasteiger partial charge in [0.05, 0.1) is 26.9 Å². The van der Waals surface area contributed by atoms with Gasteiger partial charge in [0, 0.05) is 18.0 Å². The number of carbonyl (C=O) groups is 3. The highest BCUT2D eigenvalue weighted by atomic mass is 16.5. The van der Waals surface area contributed by atoms with Crippen LogP contribution in [0.1, 0.15) is 18.5 Å². The van der Waals surface area contributed by atoms with Crippen LogP contribution in [0.4, 0.5) is 0 Å². The monoisotopic (exact) mass is 322 g/mol. The summed E-state index contributed by atoms with van der Waals surface area (Å²) < 4.78 is 14.0. The maximum Gasteiger partial charge on any atom is 0.354 e. The fourth-order valence-corrected chi connectivity index (χ4v) is 1.65. The first kappa shape index (κ1) is 18.1. The Balaban J connectivity index is 3.15. The van der Waals surface area contributed by atoms with Crippen LogP contribution in [0.3, 0.4) is 0 Å². The lowest BCUT2D eigenvalue weighted by atomic mass is 10.1. The van der Waals surface area contributed by atoms with E-state index in [9.17, 15) is 14.4 Å². The van der Waals surface area contributed by atoms with E-state index >= 15 is 0 Å². The van der Waals surface area contributed by atoms with Gasteiger partial charge in [0.25, 0.3) is 0 Å². The summed E-state index contributed by atoms with van der Waals surface area (Å²) in [5, 5.41) is 2.64. The second kappa shape index (κ2) is 9.19. The third-order valence-electron chi connectivity index (χ3n) is 2.71. The molecule has 1 unspecified atom stereocenters. The van der Waals surface area contributed by atoms with E-state index in [0.717, 1.165) is 20.3 Å². The van der Waals surface area contributed by atoms with Crippen molar-refractivity contribution in [3.05, 3.63) is 41.9 Å². The molecule has 1 aromatic heterocycles. The zero-order valence-electron chi connectivity index (χ0n) is 13.1. The van der Waals surface area contributed by atoms with E-state index in [2.05, 4.69) is 19.8 Å². The maximum absolute atomic E-state index is 12.1. The van der Waals surface area contributed by atoms with Crippen LogP contribution >= 0.6 is 0 Å². The molecule has 0 fully saturated rings. The van der Waals surface area contributed by atoms with E-state index in [1.54, 1.807) is 19.1 Å². The first-order chi connectivity index (χ1) is 11.0. The third-order valence-corrected chi connectivity index (χ3v) is 2.71. The summed E-state index contributed by atoms with van der Waals surface area (Å²) in [6.45, 7) is 1.81. The average Bonchev–Trinajstić information content (AvgIpc) is 2.58. The molecular formula is C15H18N2O6. The standard InChI is InChI=1S/C15H18N2O6/c1-4-23-15(20)13(10-6-5-7-16-9-10)17-11(14(19)22-3)8-12(18)21-2/h5-9,13,17H,4H2,1-3H3/b11-8+. The number of nitrogens with one attached hydrogen (secondary N) is 1. The zero-order chi connectivity index (χ0) is 17.2. The van der Waals surface area contributed by atoms with Crippen molar-refractivity contribution < 1.29 is 28.6 Å². The van der Waals surface area contributed by atoms with Crippen molar-refractivity contribution in [2.24, 2.45) is 0 Å². The highest BCUT2D eigenvalue weighted by Crippen LogP contribution is 2.16. The van der Waals surface area contributed by atoms with Gasteiger partial charge in [-0.25, -0.2) is 14.4 Å². The fourth-order valence-electron chi connectivity index (χ4n) is 1.65. The SMILES string of the molecule is CCOC(=O)C(N/C(=C/C(=O)OC)C(=O)OC)c1cccnc1. The number of hydrogen-bond donors (Lipinski definition) is 1. The first-order valence-corrected chi connectivity index (χ1v) is 6.74. The number of pyridine rings is 1. The Bertz CT molecular complexity index is 585. The summed E-state index contributed by atoms with van der Waals surface area (Å²) >= 11 is 0. The molecule has 0 bridgehead atoms. The van der Waals surface area contributed by atoms with Gasteiger partial charge in [-0.1, -0.05) is 6.07 Å². The van der Waals surface area contributed by atoms with Gasteiger partial charge in [-0.3, -0.25) is 4.98 Å². The first-order valence-electron chi connectivity index (χ1n) is 6.74. The van der Waals surface area contributed by atoms with Crippen LogP contribution in [0.25, 0.3) is 0 Å². The van der Waals surface area contributed by atoms with Crippen LogP contribution in [0.15, 0.2) is 36.3 Å². The quantitative estimate of drug-likeness (QED) is 0.440. The van der Waals surface area contributed by atoms with Crippen LogP contribution in [0.2, 0.25) is 0 Å². The van der Waals surface area contributed by atoms with Crippen LogP contribution < -0.4 is 5.32 Å². The zero-order valence-corrected chi connectivity index (χ0v) is 13.1. The predicted molar refractivity (Wildman–Crippen MR) is 78.9 cm³/mol. The molecule has 23 heavy (non-hydrogen) atoms. The fraction of sp³-hybridized carbons (Fsp3) is 0.333. The summed E-state index contributed by atoms with van der Waals surface area (Å²) in [7, 11) is 2.32. The molecule has 0 amide bonds. The van der Waals surface area contributed by atoms with Crippen LogP contribution in [-0.2, 0) is 28.6 Å². The molecule has 0 spiro atoms. The van der Waals surface area contributed by atoms with Crippen molar-refractivity contribution in [1.82, 2.24) is 10.3 Å². The Morgan fingerprint density at radius 2 is 2.04 bits per heavy atom. The van der Waals surface area contributed by atoms with Crippen LogP contribution in [-0.4, -0.2) is 43.7 Å². The predicted octanol–water partition coefficient (Wildman–Crippen LogP) is 0.505. The summed E-state index contributed by atoms with van der Waals surface area (Å²) in [4.78, 5) is 39.2. The lowest BCUT2D eigenvalue weighted by Gasteiger charge is -2.19. The molecule has 0 aromatic carbocycles. The molecule has 1 atom stereocenters. The van der Waals surface area contributed by atoms with Crippen LogP contribution in [0.5, 0.6) is 0 Å². The molecule has 0 saturated heterocycles. The van der Waals surface area contributed by atoms with E-state index in [-0.39, 0.29) is 12.3 Å². The number of methoxy groups -OCH3 is 2. The Morgan fingerprint density at radius 1 is 1.30 bits per heavy atom. The van der Waals surface area contributed by atoms with Gasteiger partial charge in [-0.2, -0.15) is 0 Å². The molecule has 0 aliphatic heterocycles. The molecule has 1 N–H and O–H groups in total. The number of hydrogen-bond acceptors (Lipinski definition) is 8. The molecule has 8 nitrogen and oxygen atoms in total. The van der Waals surface area contributed by atoms with Crippen molar-refractivity contribution in [3.8, 4) is 0 Å². The van der Waals surface area contributed by atoms with E-state index in [4.69, 9.17) is 4.74 Å². The van der Waals surface area contributed by atoms with Crippen molar-refractivity contribution in [3.63, 3.8) is 0 Å². The van der Waals surface area contributed by atoms with Crippen molar-refractivity contribution in [2.75, 3.05) is 20.8 Å². The Labute approximate surface area is 133 Å². The van der Waals surface area contributed by atoms with Gasteiger partial charge in [0.15, 0.2) is 6.04 Å². The summed E-state index contributed by atoms with van der Waals surface area (Å²) in [5.74, 6) is -2.22. The van der Waals surface area contributed by atoms with Crippen molar-refractivity contribution in [1.29, 1.82) is 0 Å². The topological polar surface area (TPSA) is 104 Å². The Kier molecular flexibility index (Phi) is 7.25. The minimum Gasteiger partial charge on any atom is -0.466 e. The lowest BCUT2D eigenvalue weighted by molar-refractivity contribution is -0.146. The molecule has 1 rings (SSSR count). The summed E-state index contributed by atoms with van der Waals surface area (Å²) in [6.07, 6.45) is 3.88. The highest BCUT2D eigenvalue weighted by Gasteiger charge is 2.26. The minimum atomic E-state index is -1.03. The molecule has 1 aromatic rings. The molecule has 0 aliphatic carbocycles. The normalized spacial score (nSPS) is 12.0. The van der Waals surface area contributed by atoms with Gasteiger partial charge < -0.3 is 19.5 Å². The number of ether oxygens (including phenoxy) is 3. The van der Waals surface area contributed by atoms with Crippen LogP contribution in [0, 0.1) is 0 Å². The van der Waals surface area contributed by atoms with Gasteiger partial charge in [-0.15, -0.1) is 0 Å². The summed E-state index contributed by atoms with van der Waals surface area (Å²) in [5.41, 5.74) is 0.229. The molecule has 124 valence electrons. The number of aromatic nitrogens is 1. The van der Waals surface area contributed by atoms with Crippen molar-refractivity contribution >= 4 is 17.9 Å². The average molecular weight is 322 g/mol. The molecule has 0 radical (unpaired) electrons. The highest BCUT2D eigenvalue weighted by molar-refractivity contribution is 5.96. The van der Waals surface area contributed by atoms with Gasteiger partial charge in [0.1, 0.15) is 5.70 Å². The number of carbonyl (C=O) groups excluding carboxylic acids is 3. The third kappa shape index (κ3) is 5.42. The van der Waals surface area contributed by atoms with E-state index in [1.807, 2.05) is 0 Å².